The molecular formula is C48H28O2. The number of fused-ring (bicyclic) bond motifs is 10. The van der Waals surface area contributed by atoms with Gasteiger partial charge in [-0.25, -0.2) is 0 Å². The summed E-state index contributed by atoms with van der Waals surface area (Å²) in [4.78, 5) is 0. The van der Waals surface area contributed by atoms with Crippen molar-refractivity contribution in [1.82, 2.24) is 0 Å². The molecule has 0 aliphatic heterocycles. The predicted octanol–water partition coefficient (Wildman–Crippen LogP) is 13.9. The van der Waals surface area contributed by atoms with Gasteiger partial charge in [0.2, 0.25) is 0 Å². The number of furan rings is 2. The zero-order valence-electron chi connectivity index (χ0n) is 27.0. The molecule has 0 atom stereocenters. The van der Waals surface area contributed by atoms with Crippen molar-refractivity contribution < 1.29 is 8.83 Å². The molecule has 232 valence electrons. The third kappa shape index (κ3) is 3.96. The molecule has 0 saturated heterocycles. The molecule has 2 heterocycles. The molecular weight excluding hydrogens is 609 g/mol. The van der Waals surface area contributed by atoms with Crippen LogP contribution >= 0.6 is 0 Å². The maximum Gasteiger partial charge on any atom is 0.147 e. The molecule has 2 aromatic heterocycles. The first-order valence-corrected chi connectivity index (χ1v) is 17.1. The van der Waals surface area contributed by atoms with Crippen molar-refractivity contribution >= 4 is 76.2 Å². The molecule has 9 aromatic carbocycles. The van der Waals surface area contributed by atoms with Crippen LogP contribution in [0.2, 0.25) is 0 Å². The largest absolute Gasteiger partial charge is 0.456 e. The summed E-state index contributed by atoms with van der Waals surface area (Å²) in [6.45, 7) is 0. The first-order chi connectivity index (χ1) is 24.8. The lowest BCUT2D eigenvalue weighted by Gasteiger charge is -2.18. The van der Waals surface area contributed by atoms with E-state index in [4.69, 9.17) is 8.83 Å². The van der Waals surface area contributed by atoms with Crippen LogP contribution in [0.25, 0.3) is 110 Å². The van der Waals surface area contributed by atoms with Gasteiger partial charge in [-0.3, -0.25) is 0 Å². The van der Waals surface area contributed by atoms with Crippen LogP contribution < -0.4 is 0 Å². The first-order valence-electron chi connectivity index (χ1n) is 17.1. The topological polar surface area (TPSA) is 26.3 Å². The number of hydrogen-bond acceptors (Lipinski definition) is 2. The van der Waals surface area contributed by atoms with E-state index in [0.29, 0.717) is 0 Å². The van der Waals surface area contributed by atoms with Crippen molar-refractivity contribution in [1.29, 1.82) is 0 Å². The summed E-state index contributed by atoms with van der Waals surface area (Å²) in [6.07, 6.45) is 0. The molecule has 2 heteroatoms. The number of benzene rings is 9. The second kappa shape index (κ2) is 10.4. The van der Waals surface area contributed by atoms with Crippen LogP contribution in [0.5, 0.6) is 0 Å². The predicted molar refractivity (Wildman–Crippen MR) is 210 cm³/mol. The summed E-state index contributed by atoms with van der Waals surface area (Å²) >= 11 is 0. The molecule has 0 saturated carbocycles. The van der Waals surface area contributed by atoms with Crippen LogP contribution in [0.4, 0.5) is 0 Å². The highest BCUT2D eigenvalue weighted by molar-refractivity contribution is 6.24. The van der Waals surface area contributed by atoms with Crippen LogP contribution in [-0.4, -0.2) is 0 Å². The van der Waals surface area contributed by atoms with Crippen molar-refractivity contribution in [2.45, 2.75) is 0 Å². The summed E-state index contributed by atoms with van der Waals surface area (Å²) < 4.78 is 12.8. The summed E-state index contributed by atoms with van der Waals surface area (Å²) in [5, 5.41) is 11.7. The number of rotatable bonds is 3. The van der Waals surface area contributed by atoms with Crippen molar-refractivity contribution in [3.63, 3.8) is 0 Å². The SMILES string of the molecule is c1ccc(-c2ccc3cc(-c4c5ccccc5c(-c5ccc6oc7c(ccc8oc9ccccc9c87)c6c5)c5ccccc45)ccc3c2)cc1. The fraction of sp³-hybridized carbons (Fsp3) is 0. The van der Waals surface area contributed by atoms with Crippen molar-refractivity contribution in [2.75, 3.05) is 0 Å². The van der Waals surface area contributed by atoms with Crippen LogP contribution in [0.1, 0.15) is 0 Å². The normalized spacial score (nSPS) is 12.0. The fourth-order valence-corrected chi connectivity index (χ4v) is 8.16. The minimum atomic E-state index is 0.843. The Morgan fingerprint density at radius 1 is 0.280 bits per heavy atom. The maximum atomic E-state index is 6.58. The standard InChI is InChI=1S/C48H28O2/c1-2-10-29(11-3-1)30-18-19-32-27-33(21-20-31(32)26-30)45-35-12-4-6-14-37(35)46(38-15-7-5-13-36(38)45)34-22-24-43-41(28-34)39-23-25-44-47(48(39)50-43)40-16-8-9-17-42(40)49-44/h1-28H. The Balaban J connectivity index is 1.13. The van der Waals surface area contributed by atoms with Crippen LogP contribution in [0.15, 0.2) is 179 Å². The Hall–Kier alpha value is -6.64. The smallest absolute Gasteiger partial charge is 0.147 e. The summed E-state index contributed by atoms with van der Waals surface area (Å²) in [6, 6.07) is 61.0. The molecule has 0 aliphatic rings. The molecule has 0 spiro atoms. The Labute approximate surface area is 287 Å². The summed E-state index contributed by atoms with van der Waals surface area (Å²) in [7, 11) is 0. The zero-order valence-corrected chi connectivity index (χ0v) is 27.0. The van der Waals surface area contributed by atoms with Gasteiger partial charge < -0.3 is 8.83 Å². The molecule has 2 nitrogen and oxygen atoms in total. The van der Waals surface area contributed by atoms with E-state index in [2.05, 4.69) is 158 Å². The summed E-state index contributed by atoms with van der Waals surface area (Å²) in [5.41, 5.74) is 10.8. The molecule has 0 radical (unpaired) electrons. The van der Waals surface area contributed by atoms with Gasteiger partial charge in [-0.05, 0) is 108 Å². The molecule has 50 heavy (non-hydrogen) atoms. The third-order valence-corrected chi connectivity index (χ3v) is 10.4. The molecule has 0 bridgehead atoms. The molecule has 0 amide bonds. The number of para-hydroxylation sites is 1. The second-order valence-electron chi connectivity index (χ2n) is 13.2. The number of hydrogen-bond donors (Lipinski definition) is 0. The average molecular weight is 637 g/mol. The molecule has 0 fully saturated rings. The molecule has 0 N–H and O–H groups in total. The lowest BCUT2D eigenvalue weighted by atomic mass is 9.85. The van der Waals surface area contributed by atoms with Crippen LogP contribution in [-0.2, 0) is 0 Å². The second-order valence-corrected chi connectivity index (χ2v) is 13.2. The highest BCUT2D eigenvalue weighted by atomic mass is 16.3. The highest BCUT2D eigenvalue weighted by Crippen LogP contribution is 2.46. The van der Waals surface area contributed by atoms with E-state index in [-0.39, 0.29) is 0 Å². The van der Waals surface area contributed by atoms with E-state index in [1.165, 1.54) is 65.7 Å². The Kier molecular flexibility index (Phi) is 5.70. The third-order valence-electron chi connectivity index (χ3n) is 10.4. The van der Waals surface area contributed by atoms with Gasteiger partial charge in [-0.1, -0.05) is 127 Å². The van der Waals surface area contributed by atoms with Gasteiger partial charge in [-0.15, -0.1) is 0 Å². The molecule has 0 unspecified atom stereocenters. The quantitative estimate of drug-likeness (QED) is 0.180. The Bertz CT molecular complexity index is 3080. The van der Waals surface area contributed by atoms with Gasteiger partial charge >= 0.3 is 0 Å². The molecule has 0 aliphatic carbocycles. The van der Waals surface area contributed by atoms with E-state index in [1.807, 2.05) is 12.1 Å². The van der Waals surface area contributed by atoms with Gasteiger partial charge in [0.15, 0.2) is 0 Å². The van der Waals surface area contributed by atoms with E-state index < -0.39 is 0 Å². The average Bonchev–Trinajstić information content (AvgIpc) is 3.75. The summed E-state index contributed by atoms with van der Waals surface area (Å²) in [5.74, 6) is 0. The van der Waals surface area contributed by atoms with Crippen LogP contribution in [0.3, 0.4) is 0 Å². The lowest BCUT2D eigenvalue weighted by molar-refractivity contribution is 0.663. The zero-order chi connectivity index (χ0) is 32.8. The molecule has 11 rings (SSSR count). The van der Waals surface area contributed by atoms with E-state index in [9.17, 15) is 0 Å². The first kappa shape index (κ1) is 27.3. The van der Waals surface area contributed by atoms with E-state index >= 15 is 0 Å². The maximum absolute atomic E-state index is 6.58. The minimum Gasteiger partial charge on any atom is -0.456 e. The van der Waals surface area contributed by atoms with Gasteiger partial charge in [0.05, 0.1) is 5.39 Å². The lowest BCUT2D eigenvalue weighted by Crippen LogP contribution is -1.91. The van der Waals surface area contributed by atoms with Crippen molar-refractivity contribution in [3.05, 3.63) is 170 Å². The van der Waals surface area contributed by atoms with E-state index in [0.717, 1.165) is 43.9 Å². The fourth-order valence-electron chi connectivity index (χ4n) is 8.16. The monoisotopic (exact) mass is 636 g/mol. The van der Waals surface area contributed by atoms with Gasteiger partial charge in [-0.2, -0.15) is 0 Å². The Morgan fingerprint density at radius 2 is 0.800 bits per heavy atom. The van der Waals surface area contributed by atoms with Gasteiger partial charge in [0, 0.05) is 16.2 Å². The van der Waals surface area contributed by atoms with Crippen LogP contribution in [0, 0.1) is 0 Å². The van der Waals surface area contributed by atoms with Crippen molar-refractivity contribution in [2.24, 2.45) is 0 Å². The Morgan fingerprint density at radius 3 is 1.50 bits per heavy atom. The van der Waals surface area contributed by atoms with E-state index in [1.54, 1.807) is 0 Å². The van der Waals surface area contributed by atoms with Gasteiger partial charge in [0.1, 0.15) is 22.3 Å². The minimum absolute atomic E-state index is 0.843. The molecule has 11 aromatic rings. The van der Waals surface area contributed by atoms with Gasteiger partial charge in [0.25, 0.3) is 0 Å². The highest BCUT2D eigenvalue weighted by Gasteiger charge is 2.20. The van der Waals surface area contributed by atoms with Crippen molar-refractivity contribution in [3.8, 4) is 33.4 Å².